The van der Waals surface area contributed by atoms with Gasteiger partial charge in [0.05, 0.1) is 16.3 Å². The molecule has 0 N–H and O–H groups in total. The summed E-state index contributed by atoms with van der Waals surface area (Å²) in [5, 5.41) is 10.2. The molecule has 36 heavy (non-hydrogen) atoms. The van der Waals surface area contributed by atoms with Crippen LogP contribution < -0.4 is 0 Å². The molecule has 0 atom stereocenters. The maximum absolute atomic E-state index is 13.1. The van der Waals surface area contributed by atoms with Crippen LogP contribution in [-0.2, 0) is 0 Å². The van der Waals surface area contributed by atoms with E-state index in [1.165, 1.54) is 11.3 Å². The van der Waals surface area contributed by atoms with Gasteiger partial charge in [0, 0.05) is 53.3 Å². The number of rotatable bonds is 5. The number of piperidine rings is 1. The van der Waals surface area contributed by atoms with Crippen molar-refractivity contribution in [3.8, 4) is 33.1 Å². The van der Waals surface area contributed by atoms with Crippen molar-refractivity contribution in [2.45, 2.75) is 25.7 Å². The standard InChI is InChI=1S/C27H23N5O2S2/c1-17-23(24(31-34-17)18-5-3-2-4-6-18)21-15-35-26(29-21)20-9-13-32(14-10-20)27(33)22-16-36-25(30-22)19-7-11-28-12-8-19/h2-8,11-12,15-16,20H,9-10,13-14H2,1H3. The Balaban J connectivity index is 1.14. The van der Waals surface area contributed by atoms with Gasteiger partial charge in [-0.25, -0.2) is 9.97 Å². The molecule has 5 heterocycles. The molecular formula is C27H23N5O2S2. The SMILES string of the molecule is Cc1onc(-c2ccccc2)c1-c1csc(C2CCN(C(=O)c3csc(-c4ccncc4)n3)CC2)n1. The average molecular weight is 514 g/mol. The number of carbonyl (C=O) groups is 1. The lowest BCUT2D eigenvalue weighted by atomic mass is 9.97. The van der Waals surface area contributed by atoms with Crippen molar-refractivity contribution in [1.82, 2.24) is 25.0 Å². The number of hydrogen-bond donors (Lipinski definition) is 0. The van der Waals surface area contributed by atoms with Crippen molar-refractivity contribution < 1.29 is 9.32 Å². The second kappa shape index (κ2) is 9.75. The first-order valence-corrected chi connectivity index (χ1v) is 13.6. The maximum atomic E-state index is 13.1. The summed E-state index contributed by atoms with van der Waals surface area (Å²) in [7, 11) is 0. The van der Waals surface area contributed by atoms with Gasteiger partial charge in [-0.2, -0.15) is 0 Å². The van der Waals surface area contributed by atoms with Crippen molar-refractivity contribution >= 4 is 28.6 Å². The molecule has 0 unspecified atom stereocenters. The minimum atomic E-state index is -0.00238. The molecule has 5 aromatic rings. The van der Waals surface area contributed by atoms with Crippen LogP contribution in [0.1, 0.15) is 40.0 Å². The van der Waals surface area contributed by atoms with Gasteiger partial charge in [0.1, 0.15) is 22.2 Å². The van der Waals surface area contributed by atoms with Crippen LogP contribution in [0.4, 0.5) is 0 Å². The molecule has 1 aromatic carbocycles. The molecule has 0 aliphatic carbocycles. The van der Waals surface area contributed by atoms with Crippen LogP contribution in [0.5, 0.6) is 0 Å². The van der Waals surface area contributed by atoms with E-state index in [4.69, 9.17) is 9.51 Å². The summed E-state index contributed by atoms with van der Waals surface area (Å²) >= 11 is 3.16. The summed E-state index contributed by atoms with van der Waals surface area (Å²) in [6.45, 7) is 3.32. The van der Waals surface area contributed by atoms with E-state index >= 15 is 0 Å². The van der Waals surface area contributed by atoms with Gasteiger partial charge in [-0.05, 0) is 31.9 Å². The molecule has 1 aliphatic rings. The maximum Gasteiger partial charge on any atom is 0.273 e. The number of amides is 1. The van der Waals surface area contributed by atoms with Crippen LogP contribution in [0.3, 0.4) is 0 Å². The van der Waals surface area contributed by atoms with Gasteiger partial charge < -0.3 is 9.42 Å². The number of thiazole rings is 2. The van der Waals surface area contributed by atoms with Crippen LogP contribution in [0, 0.1) is 6.92 Å². The Morgan fingerprint density at radius 1 is 0.972 bits per heavy atom. The second-order valence-corrected chi connectivity index (χ2v) is 10.5. The quantitative estimate of drug-likeness (QED) is 0.274. The summed E-state index contributed by atoms with van der Waals surface area (Å²) in [5.41, 5.74) is 5.17. The fraction of sp³-hybridized carbons (Fsp3) is 0.222. The highest BCUT2D eigenvalue weighted by atomic mass is 32.1. The highest BCUT2D eigenvalue weighted by Gasteiger charge is 2.28. The monoisotopic (exact) mass is 513 g/mol. The predicted molar refractivity (Wildman–Crippen MR) is 141 cm³/mol. The molecule has 0 spiro atoms. The minimum absolute atomic E-state index is 0.00238. The van der Waals surface area contributed by atoms with Crippen molar-refractivity contribution in [3.05, 3.63) is 82.1 Å². The van der Waals surface area contributed by atoms with Crippen LogP contribution in [0.25, 0.3) is 33.1 Å². The zero-order chi connectivity index (χ0) is 24.5. The number of hydrogen-bond acceptors (Lipinski definition) is 8. The van der Waals surface area contributed by atoms with Gasteiger partial charge in [-0.1, -0.05) is 35.5 Å². The van der Waals surface area contributed by atoms with Crippen LogP contribution in [-0.4, -0.2) is 44.0 Å². The van der Waals surface area contributed by atoms with E-state index in [0.29, 0.717) is 24.7 Å². The largest absolute Gasteiger partial charge is 0.360 e. The molecule has 4 aromatic heterocycles. The van der Waals surface area contributed by atoms with E-state index in [-0.39, 0.29) is 5.91 Å². The summed E-state index contributed by atoms with van der Waals surface area (Å²) in [4.78, 5) is 28.6. The van der Waals surface area contributed by atoms with Crippen molar-refractivity contribution in [1.29, 1.82) is 0 Å². The number of aromatic nitrogens is 4. The third-order valence-corrected chi connectivity index (χ3v) is 8.37. The summed E-state index contributed by atoms with van der Waals surface area (Å²) in [6.07, 6.45) is 5.24. The predicted octanol–water partition coefficient (Wildman–Crippen LogP) is 6.31. The highest BCUT2D eigenvalue weighted by molar-refractivity contribution is 7.13. The minimum Gasteiger partial charge on any atom is -0.360 e. The Kier molecular flexibility index (Phi) is 6.16. The molecule has 1 aliphatic heterocycles. The molecule has 6 rings (SSSR count). The van der Waals surface area contributed by atoms with Gasteiger partial charge >= 0.3 is 0 Å². The zero-order valence-electron chi connectivity index (χ0n) is 19.6. The Hall–Kier alpha value is -3.69. The number of likely N-dealkylation sites (tertiary alicyclic amines) is 1. The first kappa shape index (κ1) is 22.8. The highest BCUT2D eigenvalue weighted by Crippen LogP contribution is 2.38. The molecule has 0 radical (unpaired) electrons. The Labute approximate surface area is 216 Å². The topological polar surface area (TPSA) is 85.0 Å². The molecule has 9 heteroatoms. The molecule has 7 nitrogen and oxygen atoms in total. The van der Waals surface area contributed by atoms with Gasteiger partial charge in [0.15, 0.2) is 0 Å². The van der Waals surface area contributed by atoms with Gasteiger partial charge in [0.25, 0.3) is 5.91 Å². The van der Waals surface area contributed by atoms with Crippen molar-refractivity contribution in [3.63, 3.8) is 0 Å². The number of carbonyl (C=O) groups excluding carboxylic acids is 1. The normalized spacial score (nSPS) is 14.3. The van der Waals surface area contributed by atoms with Gasteiger partial charge in [0.2, 0.25) is 0 Å². The molecule has 0 bridgehead atoms. The Bertz CT molecular complexity index is 1480. The van der Waals surface area contributed by atoms with E-state index in [2.05, 4.69) is 20.5 Å². The second-order valence-electron chi connectivity index (χ2n) is 8.74. The number of nitrogens with zero attached hydrogens (tertiary/aromatic N) is 5. The van der Waals surface area contributed by atoms with Gasteiger partial charge in [-0.3, -0.25) is 9.78 Å². The molecular weight excluding hydrogens is 490 g/mol. The zero-order valence-corrected chi connectivity index (χ0v) is 21.3. The molecule has 1 amide bonds. The first-order chi connectivity index (χ1) is 17.7. The van der Waals surface area contributed by atoms with Crippen LogP contribution in [0.15, 0.2) is 70.1 Å². The summed E-state index contributed by atoms with van der Waals surface area (Å²) < 4.78 is 5.53. The van der Waals surface area contributed by atoms with Crippen LogP contribution in [0.2, 0.25) is 0 Å². The first-order valence-electron chi connectivity index (χ1n) is 11.8. The lowest BCUT2D eigenvalue weighted by Crippen LogP contribution is -2.38. The fourth-order valence-corrected chi connectivity index (χ4v) is 6.33. The van der Waals surface area contributed by atoms with E-state index in [9.17, 15) is 4.79 Å². The Morgan fingerprint density at radius 3 is 2.53 bits per heavy atom. The van der Waals surface area contributed by atoms with Crippen LogP contribution >= 0.6 is 22.7 Å². The smallest absolute Gasteiger partial charge is 0.273 e. The summed E-state index contributed by atoms with van der Waals surface area (Å²) in [5.74, 6) is 1.09. The molecule has 0 saturated carbocycles. The number of pyridine rings is 1. The molecule has 180 valence electrons. The molecule has 1 saturated heterocycles. The Morgan fingerprint density at radius 2 is 1.75 bits per heavy atom. The lowest BCUT2D eigenvalue weighted by molar-refractivity contribution is 0.0708. The van der Waals surface area contributed by atoms with E-state index in [0.717, 1.165) is 56.7 Å². The third-order valence-electron chi connectivity index (χ3n) is 6.47. The van der Waals surface area contributed by atoms with E-state index < -0.39 is 0 Å². The fourth-order valence-electron chi connectivity index (χ4n) is 4.55. The molecule has 1 fully saturated rings. The number of benzene rings is 1. The number of aryl methyl sites for hydroxylation is 1. The van der Waals surface area contributed by atoms with Crippen molar-refractivity contribution in [2.75, 3.05) is 13.1 Å². The van der Waals surface area contributed by atoms with Gasteiger partial charge in [-0.15, -0.1) is 22.7 Å². The lowest BCUT2D eigenvalue weighted by Gasteiger charge is -2.30. The summed E-state index contributed by atoms with van der Waals surface area (Å²) in [6, 6.07) is 13.9. The van der Waals surface area contributed by atoms with Crippen molar-refractivity contribution in [2.24, 2.45) is 0 Å². The third kappa shape index (κ3) is 4.36. The van der Waals surface area contributed by atoms with E-state index in [1.54, 1.807) is 23.7 Å². The van der Waals surface area contributed by atoms with E-state index in [1.807, 2.05) is 59.7 Å². The average Bonchev–Trinajstić information content (AvgIpc) is 3.69.